The number of hydrogen-bond acceptors (Lipinski definition) is 5. The van der Waals surface area contributed by atoms with E-state index in [2.05, 4.69) is 10.6 Å². The number of carboxylic acids is 1. The first-order valence-corrected chi connectivity index (χ1v) is 4.44. The first-order valence-electron chi connectivity index (χ1n) is 4.44. The molecule has 0 saturated carbocycles. The van der Waals surface area contributed by atoms with E-state index in [9.17, 15) is 9.59 Å². The maximum Gasteiger partial charge on any atom is 0.322 e. The molecule has 3 N–H and O–H groups in total. The van der Waals surface area contributed by atoms with Gasteiger partial charge in [-0.3, -0.25) is 9.59 Å². The molecule has 0 spiro atoms. The van der Waals surface area contributed by atoms with E-state index < -0.39 is 11.9 Å². The zero-order chi connectivity index (χ0) is 12.4. The van der Waals surface area contributed by atoms with Crippen molar-refractivity contribution in [3.05, 3.63) is 11.8 Å². The minimum Gasteiger partial charge on any atom is -0.480 e. The lowest BCUT2D eigenvalue weighted by Gasteiger charge is -2.03. The Hall–Kier alpha value is -2.07. The van der Waals surface area contributed by atoms with Crippen LogP contribution < -0.4 is 10.6 Å². The third-order valence-electron chi connectivity index (χ3n) is 1.46. The third-order valence-corrected chi connectivity index (χ3v) is 1.46. The molecule has 0 aromatic carbocycles. The summed E-state index contributed by atoms with van der Waals surface area (Å²) < 4.78 is 4.71. The first kappa shape index (κ1) is 13.9. The molecule has 0 heterocycles. The van der Waals surface area contributed by atoms with Gasteiger partial charge >= 0.3 is 5.97 Å². The van der Waals surface area contributed by atoms with E-state index in [-0.39, 0.29) is 18.7 Å². The Kier molecular flexibility index (Phi) is 7.19. The van der Waals surface area contributed by atoms with Crippen molar-refractivity contribution < 1.29 is 19.4 Å². The van der Waals surface area contributed by atoms with Crippen molar-refractivity contribution in [2.75, 3.05) is 26.8 Å². The topological polar surface area (TPSA) is 111 Å². The number of rotatable bonds is 7. The summed E-state index contributed by atoms with van der Waals surface area (Å²) in [4.78, 5) is 21.4. The maximum atomic E-state index is 11.3. The standard InChI is InChI=1S/C9H13N3O4/c1-16-3-2-12-9(15)7(4-10)5-11-6-8(13)14/h5,11H,2-3,6H2,1H3,(H,12,15)(H,13,14)/b7-5-. The van der Waals surface area contributed by atoms with Crippen molar-refractivity contribution in [2.45, 2.75) is 0 Å². The number of methoxy groups -OCH3 is 1. The number of nitrogens with one attached hydrogen (secondary N) is 2. The number of amides is 1. The normalized spacial score (nSPS) is 10.4. The summed E-state index contributed by atoms with van der Waals surface area (Å²) in [5.74, 6) is -1.65. The van der Waals surface area contributed by atoms with Gasteiger partial charge in [0.2, 0.25) is 0 Å². The van der Waals surface area contributed by atoms with Crippen LogP contribution in [0.5, 0.6) is 0 Å². The predicted octanol–water partition coefficient (Wildman–Crippen LogP) is -1.17. The quantitative estimate of drug-likeness (QED) is 0.287. The van der Waals surface area contributed by atoms with E-state index in [0.717, 1.165) is 6.20 Å². The number of hydrogen-bond donors (Lipinski definition) is 3. The Morgan fingerprint density at radius 3 is 2.75 bits per heavy atom. The van der Waals surface area contributed by atoms with Gasteiger partial charge in [0, 0.05) is 19.9 Å². The van der Waals surface area contributed by atoms with Crippen LogP contribution in [-0.2, 0) is 14.3 Å². The van der Waals surface area contributed by atoms with Gasteiger partial charge in [0.05, 0.1) is 6.61 Å². The summed E-state index contributed by atoms with van der Waals surface area (Å²) in [5.41, 5.74) is -0.183. The Bertz CT molecular complexity index is 319. The minimum atomic E-state index is -1.08. The molecule has 88 valence electrons. The summed E-state index contributed by atoms with van der Waals surface area (Å²) in [6.07, 6.45) is 1.07. The second-order valence-corrected chi connectivity index (χ2v) is 2.69. The highest BCUT2D eigenvalue weighted by atomic mass is 16.5. The lowest BCUT2D eigenvalue weighted by Crippen LogP contribution is -2.29. The molecule has 7 nitrogen and oxygen atoms in total. The van der Waals surface area contributed by atoms with E-state index in [0.29, 0.717) is 6.61 Å². The van der Waals surface area contributed by atoms with E-state index in [1.165, 1.54) is 7.11 Å². The average molecular weight is 227 g/mol. The fourth-order valence-electron chi connectivity index (χ4n) is 0.751. The molecule has 0 saturated heterocycles. The summed E-state index contributed by atoms with van der Waals surface area (Å²) in [6, 6.07) is 1.66. The van der Waals surface area contributed by atoms with Gasteiger partial charge in [0.25, 0.3) is 5.91 Å². The lowest BCUT2D eigenvalue weighted by atomic mass is 10.3. The monoisotopic (exact) mass is 227 g/mol. The number of ether oxygens (including phenoxy) is 1. The molecule has 0 bridgehead atoms. The van der Waals surface area contributed by atoms with Crippen LogP contribution in [0.15, 0.2) is 11.8 Å². The molecule has 1 amide bonds. The van der Waals surface area contributed by atoms with Crippen molar-refractivity contribution >= 4 is 11.9 Å². The van der Waals surface area contributed by atoms with E-state index in [1.807, 2.05) is 0 Å². The smallest absolute Gasteiger partial charge is 0.322 e. The molecule has 0 aliphatic heterocycles. The highest BCUT2D eigenvalue weighted by Gasteiger charge is 2.07. The first-order chi connectivity index (χ1) is 7.61. The molecule has 0 fully saturated rings. The average Bonchev–Trinajstić information content (AvgIpc) is 2.24. The van der Waals surface area contributed by atoms with Crippen LogP contribution in [0.25, 0.3) is 0 Å². The highest BCUT2D eigenvalue weighted by Crippen LogP contribution is 1.89. The predicted molar refractivity (Wildman–Crippen MR) is 54.2 cm³/mol. The number of nitrogens with zero attached hydrogens (tertiary/aromatic N) is 1. The van der Waals surface area contributed by atoms with Crippen LogP contribution in [0.4, 0.5) is 0 Å². The maximum absolute atomic E-state index is 11.3. The van der Waals surface area contributed by atoms with Gasteiger partial charge in [-0.2, -0.15) is 5.26 Å². The van der Waals surface area contributed by atoms with Gasteiger partial charge in [-0.15, -0.1) is 0 Å². The molecule has 0 aromatic heterocycles. The number of aliphatic carboxylic acids is 1. The van der Waals surface area contributed by atoms with Crippen LogP contribution in [-0.4, -0.2) is 43.8 Å². The summed E-state index contributed by atoms with van der Waals surface area (Å²) >= 11 is 0. The summed E-state index contributed by atoms with van der Waals surface area (Å²) in [6.45, 7) is 0.275. The molecule has 0 rings (SSSR count). The summed E-state index contributed by atoms with van der Waals surface area (Å²) in [7, 11) is 1.49. The van der Waals surface area contributed by atoms with Crippen LogP contribution in [0.1, 0.15) is 0 Å². The van der Waals surface area contributed by atoms with Crippen LogP contribution in [0.3, 0.4) is 0 Å². The highest BCUT2D eigenvalue weighted by molar-refractivity contribution is 5.97. The molecule has 0 unspecified atom stereocenters. The molecule has 7 heteroatoms. The molecule has 0 aromatic rings. The molecule has 0 radical (unpaired) electrons. The van der Waals surface area contributed by atoms with E-state index >= 15 is 0 Å². The molecule has 0 atom stereocenters. The van der Waals surface area contributed by atoms with Crippen molar-refractivity contribution in [3.8, 4) is 6.07 Å². The second-order valence-electron chi connectivity index (χ2n) is 2.69. The van der Waals surface area contributed by atoms with Crippen LogP contribution >= 0.6 is 0 Å². The fourth-order valence-corrected chi connectivity index (χ4v) is 0.751. The van der Waals surface area contributed by atoms with Gasteiger partial charge in [0.15, 0.2) is 0 Å². The van der Waals surface area contributed by atoms with Gasteiger partial charge in [-0.1, -0.05) is 0 Å². The molecular weight excluding hydrogens is 214 g/mol. The SMILES string of the molecule is COCCNC(=O)/C(C#N)=C\NCC(=O)O. The number of nitriles is 1. The zero-order valence-electron chi connectivity index (χ0n) is 8.82. The Morgan fingerprint density at radius 2 is 2.25 bits per heavy atom. The molecule has 16 heavy (non-hydrogen) atoms. The van der Waals surface area contributed by atoms with Crippen molar-refractivity contribution in [2.24, 2.45) is 0 Å². The van der Waals surface area contributed by atoms with Crippen molar-refractivity contribution in [3.63, 3.8) is 0 Å². The van der Waals surface area contributed by atoms with Gasteiger partial charge < -0.3 is 20.5 Å². The second kappa shape index (κ2) is 8.26. The van der Waals surface area contributed by atoms with Crippen molar-refractivity contribution in [1.82, 2.24) is 10.6 Å². The zero-order valence-corrected chi connectivity index (χ0v) is 8.82. The van der Waals surface area contributed by atoms with E-state index in [1.54, 1.807) is 6.07 Å². The Labute approximate surface area is 92.7 Å². The molecular formula is C9H13N3O4. The van der Waals surface area contributed by atoms with Gasteiger partial charge in [-0.25, -0.2) is 0 Å². The minimum absolute atomic E-state index is 0.183. The number of carboxylic acid groups (broad SMARTS) is 1. The Balaban J connectivity index is 4.11. The summed E-state index contributed by atoms with van der Waals surface area (Å²) in [5, 5.41) is 21.7. The van der Waals surface area contributed by atoms with Crippen molar-refractivity contribution in [1.29, 1.82) is 5.26 Å². The number of carbonyl (C=O) groups excluding carboxylic acids is 1. The van der Waals surface area contributed by atoms with Gasteiger partial charge in [-0.05, 0) is 0 Å². The van der Waals surface area contributed by atoms with E-state index in [4.69, 9.17) is 15.1 Å². The number of carbonyl (C=O) groups is 2. The fraction of sp³-hybridized carbons (Fsp3) is 0.444. The largest absolute Gasteiger partial charge is 0.480 e. The van der Waals surface area contributed by atoms with Crippen LogP contribution in [0, 0.1) is 11.3 Å². The van der Waals surface area contributed by atoms with Gasteiger partial charge in [0.1, 0.15) is 18.2 Å². The lowest BCUT2D eigenvalue weighted by molar-refractivity contribution is -0.135. The molecule has 0 aliphatic rings. The van der Waals surface area contributed by atoms with Crippen LogP contribution in [0.2, 0.25) is 0 Å². The Morgan fingerprint density at radius 1 is 1.56 bits per heavy atom. The molecule has 0 aliphatic carbocycles. The third kappa shape index (κ3) is 6.39.